The Morgan fingerprint density at radius 3 is 2.74 bits per heavy atom. The summed E-state index contributed by atoms with van der Waals surface area (Å²) in [4.78, 5) is 12.1. The molecule has 0 radical (unpaired) electrons. The lowest BCUT2D eigenvalue weighted by molar-refractivity contribution is 0.600. The molecule has 1 aromatic heterocycles. The van der Waals surface area contributed by atoms with E-state index in [9.17, 15) is 9.18 Å². The first-order valence-corrected chi connectivity index (χ1v) is 6.33. The van der Waals surface area contributed by atoms with Gasteiger partial charge < -0.3 is 5.73 Å². The van der Waals surface area contributed by atoms with Crippen molar-refractivity contribution < 1.29 is 4.39 Å². The van der Waals surface area contributed by atoms with Gasteiger partial charge in [0.15, 0.2) is 0 Å². The zero-order valence-electron chi connectivity index (χ0n) is 10.7. The van der Waals surface area contributed by atoms with E-state index in [0.29, 0.717) is 18.0 Å². The highest BCUT2D eigenvalue weighted by Crippen LogP contribution is 2.23. The summed E-state index contributed by atoms with van der Waals surface area (Å²) in [5, 5.41) is 2.99. The first kappa shape index (κ1) is 13.7. The zero-order valence-corrected chi connectivity index (χ0v) is 11.5. The summed E-state index contributed by atoms with van der Waals surface area (Å²) in [6.45, 7) is 4.01. The van der Waals surface area contributed by atoms with Crippen LogP contribution in [0.25, 0.3) is 5.69 Å². The van der Waals surface area contributed by atoms with E-state index >= 15 is 0 Å². The molecule has 0 aliphatic heterocycles. The largest absolute Gasteiger partial charge is 0.393 e. The Kier molecular flexibility index (Phi) is 3.66. The lowest BCUT2D eigenvalue weighted by atomic mass is 10.1. The summed E-state index contributed by atoms with van der Waals surface area (Å²) >= 11 is 5.94. The van der Waals surface area contributed by atoms with E-state index < -0.39 is 11.4 Å². The quantitative estimate of drug-likeness (QED) is 0.910. The number of aromatic nitrogens is 2. The highest BCUT2D eigenvalue weighted by atomic mass is 35.5. The van der Waals surface area contributed by atoms with E-state index in [2.05, 4.69) is 5.10 Å². The predicted molar refractivity (Wildman–Crippen MR) is 74.3 cm³/mol. The van der Waals surface area contributed by atoms with E-state index in [1.165, 1.54) is 18.2 Å². The van der Waals surface area contributed by atoms with Crippen LogP contribution in [-0.2, 0) is 6.42 Å². The Labute approximate surface area is 115 Å². The van der Waals surface area contributed by atoms with Crippen LogP contribution in [0, 0.1) is 11.7 Å². The summed E-state index contributed by atoms with van der Waals surface area (Å²) in [5.41, 5.74) is 5.97. The number of nitrogens with one attached hydrogen (secondary N) is 1. The van der Waals surface area contributed by atoms with Gasteiger partial charge in [-0.15, -0.1) is 0 Å². The highest BCUT2D eigenvalue weighted by molar-refractivity contribution is 6.32. The molecule has 0 spiro atoms. The van der Waals surface area contributed by atoms with Gasteiger partial charge in [0.25, 0.3) is 5.56 Å². The fourth-order valence-corrected chi connectivity index (χ4v) is 2.17. The van der Waals surface area contributed by atoms with Crippen molar-refractivity contribution in [3.05, 3.63) is 45.1 Å². The van der Waals surface area contributed by atoms with Crippen LogP contribution in [0.3, 0.4) is 0 Å². The van der Waals surface area contributed by atoms with E-state index in [1.54, 1.807) is 0 Å². The predicted octanol–water partition coefficient (Wildman–Crippen LogP) is 2.74. The van der Waals surface area contributed by atoms with E-state index in [0.717, 1.165) is 4.68 Å². The third-order valence-corrected chi connectivity index (χ3v) is 3.08. The molecule has 2 aromatic rings. The average Bonchev–Trinajstić information content (AvgIpc) is 2.57. The fourth-order valence-electron chi connectivity index (χ4n) is 1.92. The number of halogens is 2. The number of hydrogen-bond donors (Lipinski definition) is 2. The smallest absolute Gasteiger partial charge is 0.294 e. The molecule has 4 nitrogen and oxygen atoms in total. The number of nitrogens with zero attached hydrogens (tertiary/aromatic N) is 1. The third-order valence-electron chi connectivity index (χ3n) is 2.78. The first-order chi connectivity index (χ1) is 8.91. The number of hydrogen-bond acceptors (Lipinski definition) is 2. The van der Waals surface area contributed by atoms with Gasteiger partial charge in [-0.1, -0.05) is 31.5 Å². The number of anilines is 1. The minimum atomic E-state index is -0.577. The van der Waals surface area contributed by atoms with Crippen molar-refractivity contribution in [1.82, 2.24) is 9.78 Å². The molecule has 0 aliphatic carbocycles. The maximum absolute atomic E-state index is 13.8. The molecule has 0 atom stereocenters. The second-order valence-electron chi connectivity index (χ2n) is 4.81. The third kappa shape index (κ3) is 2.51. The van der Waals surface area contributed by atoms with Crippen molar-refractivity contribution in [2.75, 3.05) is 5.73 Å². The lowest BCUT2D eigenvalue weighted by Gasteiger charge is -2.06. The maximum Gasteiger partial charge on any atom is 0.294 e. The van der Waals surface area contributed by atoms with Gasteiger partial charge >= 0.3 is 0 Å². The number of nitrogens with two attached hydrogens (primary N) is 1. The summed E-state index contributed by atoms with van der Waals surface area (Å²) in [7, 11) is 0. The van der Waals surface area contributed by atoms with Crippen LogP contribution in [0.2, 0.25) is 5.02 Å². The van der Waals surface area contributed by atoms with Crippen LogP contribution in [0.1, 0.15) is 19.5 Å². The Morgan fingerprint density at radius 1 is 1.47 bits per heavy atom. The Bertz CT molecular complexity index is 640. The Balaban J connectivity index is 2.61. The molecule has 1 aromatic carbocycles. The molecule has 0 bridgehead atoms. The van der Waals surface area contributed by atoms with Crippen molar-refractivity contribution >= 4 is 17.3 Å². The second kappa shape index (κ2) is 5.09. The van der Waals surface area contributed by atoms with E-state index in [1.807, 2.05) is 13.8 Å². The average molecular weight is 284 g/mol. The SMILES string of the molecule is CC(C)Cc1[nH]n(-c2c(F)cccc2Cl)c(=O)c1N. The number of benzene rings is 1. The van der Waals surface area contributed by atoms with Gasteiger partial charge in [0, 0.05) is 0 Å². The minimum absolute atomic E-state index is 0.00382. The van der Waals surface area contributed by atoms with Crippen molar-refractivity contribution in [2.45, 2.75) is 20.3 Å². The summed E-state index contributed by atoms with van der Waals surface area (Å²) in [5.74, 6) is -0.253. The van der Waals surface area contributed by atoms with Crippen LogP contribution >= 0.6 is 11.6 Å². The van der Waals surface area contributed by atoms with Crippen molar-refractivity contribution in [3.8, 4) is 5.69 Å². The molecule has 0 unspecified atom stereocenters. The Hall–Kier alpha value is -1.75. The minimum Gasteiger partial charge on any atom is -0.393 e. The van der Waals surface area contributed by atoms with Crippen LogP contribution in [0.5, 0.6) is 0 Å². The van der Waals surface area contributed by atoms with Crippen LogP contribution < -0.4 is 11.3 Å². The van der Waals surface area contributed by atoms with E-state index in [-0.39, 0.29) is 16.4 Å². The molecule has 0 fully saturated rings. The van der Waals surface area contributed by atoms with Crippen molar-refractivity contribution in [1.29, 1.82) is 0 Å². The molecule has 0 aliphatic rings. The molecular weight excluding hydrogens is 269 g/mol. The summed E-state index contributed by atoms with van der Waals surface area (Å²) < 4.78 is 14.9. The van der Waals surface area contributed by atoms with Gasteiger partial charge in [-0.2, -0.15) is 0 Å². The van der Waals surface area contributed by atoms with Crippen LogP contribution in [-0.4, -0.2) is 9.78 Å². The number of para-hydroxylation sites is 1. The monoisotopic (exact) mass is 283 g/mol. The van der Waals surface area contributed by atoms with Crippen LogP contribution in [0.4, 0.5) is 10.1 Å². The van der Waals surface area contributed by atoms with Crippen LogP contribution in [0.15, 0.2) is 23.0 Å². The van der Waals surface area contributed by atoms with Gasteiger partial charge in [-0.25, -0.2) is 9.07 Å². The number of aromatic amines is 1. The van der Waals surface area contributed by atoms with E-state index in [4.69, 9.17) is 17.3 Å². The molecule has 0 saturated heterocycles. The number of rotatable bonds is 3. The van der Waals surface area contributed by atoms with Gasteiger partial charge in [0.1, 0.15) is 17.2 Å². The van der Waals surface area contributed by atoms with Gasteiger partial charge in [0.05, 0.1) is 10.7 Å². The van der Waals surface area contributed by atoms with Gasteiger partial charge in [-0.05, 0) is 24.5 Å². The molecule has 0 saturated carbocycles. The first-order valence-electron chi connectivity index (χ1n) is 5.95. The highest BCUT2D eigenvalue weighted by Gasteiger charge is 2.17. The number of nitrogen functional groups attached to an aromatic ring is 1. The van der Waals surface area contributed by atoms with Crippen molar-refractivity contribution in [3.63, 3.8) is 0 Å². The molecule has 6 heteroatoms. The van der Waals surface area contributed by atoms with Crippen molar-refractivity contribution in [2.24, 2.45) is 5.92 Å². The summed E-state index contributed by atoms with van der Waals surface area (Å²) in [6.07, 6.45) is 0.611. The normalized spacial score (nSPS) is 11.2. The molecular formula is C13H15ClFN3O. The number of H-pyrrole nitrogens is 1. The van der Waals surface area contributed by atoms with Gasteiger partial charge in [-0.3, -0.25) is 9.89 Å². The summed E-state index contributed by atoms with van der Waals surface area (Å²) in [6, 6.07) is 4.24. The molecule has 0 amide bonds. The maximum atomic E-state index is 13.8. The fraction of sp³-hybridized carbons (Fsp3) is 0.308. The lowest BCUT2D eigenvalue weighted by Crippen LogP contribution is -2.18. The Morgan fingerprint density at radius 2 is 2.16 bits per heavy atom. The topological polar surface area (TPSA) is 63.8 Å². The van der Waals surface area contributed by atoms with Gasteiger partial charge in [0.2, 0.25) is 0 Å². The molecule has 3 N–H and O–H groups in total. The second-order valence-corrected chi connectivity index (χ2v) is 5.22. The zero-order chi connectivity index (χ0) is 14.2. The molecule has 1 heterocycles. The molecule has 2 rings (SSSR count). The standard InChI is InChI=1S/C13H15ClFN3O/c1-7(2)6-10-11(16)13(19)18(17-10)12-8(14)4-3-5-9(12)15/h3-5,7,17H,6,16H2,1-2H3. The molecule has 102 valence electrons. The molecule has 19 heavy (non-hydrogen) atoms.